The summed E-state index contributed by atoms with van der Waals surface area (Å²) in [6.45, 7) is 11.3. The summed E-state index contributed by atoms with van der Waals surface area (Å²) in [6, 6.07) is 0. The Morgan fingerprint density at radius 2 is 1.90 bits per heavy atom. The van der Waals surface area contributed by atoms with Crippen LogP contribution in [0.3, 0.4) is 0 Å². The lowest BCUT2D eigenvalue weighted by molar-refractivity contribution is 0.405. The van der Waals surface area contributed by atoms with E-state index in [0.29, 0.717) is 5.41 Å². The minimum Gasteiger partial charge on any atom is -0.330 e. The average molecular weight is 141 g/mol. The molecule has 2 N–H and O–H groups in total. The third-order valence-electron chi connectivity index (χ3n) is 1.28. The van der Waals surface area contributed by atoms with Crippen molar-refractivity contribution in [3.8, 4) is 0 Å². The Balaban J connectivity index is 3.58. The fraction of sp³-hybridized carbons (Fsp3) is 0.778. The van der Waals surface area contributed by atoms with E-state index in [0.717, 1.165) is 19.4 Å². The van der Waals surface area contributed by atoms with Crippen molar-refractivity contribution in [2.45, 2.75) is 33.6 Å². The van der Waals surface area contributed by atoms with Crippen molar-refractivity contribution in [3.05, 3.63) is 12.2 Å². The fourth-order valence-electron chi connectivity index (χ4n) is 1.04. The fourth-order valence-corrected chi connectivity index (χ4v) is 1.04. The lowest BCUT2D eigenvalue weighted by Crippen LogP contribution is -2.08. The molecule has 0 aromatic heterocycles. The molecule has 0 saturated carbocycles. The lowest BCUT2D eigenvalue weighted by Gasteiger charge is -2.19. The molecule has 0 aromatic rings. The lowest BCUT2D eigenvalue weighted by atomic mass is 9.87. The molecule has 0 rings (SSSR count). The molecule has 0 heterocycles. The first kappa shape index (κ1) is 9.70. The average Bonchev–Trinajstić information content (AvgIpc) is 1.59. The van der Waals surface area contributed by atoms with Crippen LogP contribution in [-0.4, -0.2) is 6.54 Å². The molecule has 0 spiro atoms. The Kier molecular flexibility index (Phi) is 3.66. The molecule has 0 saturated heterocycles. The molecule has 0 aliphatic carbocycles. The summed E-state index contributed by atoms with van der Waals surface area (Å²) in [7, 11) is 0. The highest BCUT2D eigenvalue weighted by Gasteiger charge is 2.10. The van der Waals surface area contributed by atoms with Crippen molar-refractivity contribution in [2.24, 2.45) is 11.1 Å². The molecule has 1 nitrogen and oxygen atoms in total. The van der Waals surface area contributed by atoms with Gasteiger partial charge in [0, 0.05) is 0 Å². The Bertz CT molecular complexity index is 108. The number of rotatable bonds is 3. The topological polar surface area (TPSA) is 26.0 Å². The zero-order valence-electron chi connectivity index (χ0n) is 7.41. The third-order valence-corrected chi connectivity index (χ3v) is 1.28. The maximum atomic E-state index is 5.39. The number of nitrogens with two attached hydrogens (primary N) is 1. The Morgan fingerprint density at radius 1 is 1.40 bits per heavy atom. The molecule has 0 bridgehead atoms. The van der Waals surface area contributed by atoms with Crippen LogP contribution in [0.4, 0.5) is 0 Å². The van der Waals surface area contributed by atoms with Gasteiger partial charge in [-0.25, -0.2) is 0 Å². The normalized spacial score (nSPS) is 11.6. The molecule has 0 radical (unpaired) electrons. The Morgan fingerprint density at radius 3 is 2.20 bits per heavy atom. The van der Waals surface area contributed by atoms with Gasteiger partial charge in [0.25, 0.3) is 0 Å². The highest BCUT2D eigenvalue weighted by molar-refractivity contribution is 4.97. The molecule has 10 heavy (non-hydrogen) atoms. The van der Waals surface area contributed by atoms with Gasteiger partial charge < -0.3 is 5.73 Å². The van der Waals surface area contributed by atoms with Gasteiger partial charge in [0.05, 0.1) is 0 Å². The highest BCUT2D eigenvalue weighted by Crippen LogP contribution is 2.23. The van der Waals surface area contributed by atoms with Crippen LogP contribution in [0.2, 0.25) is 0 Å². The number of hydrogen-bond acceptors (Lipinski definition) is 1. The summed E-state index contributed by atoms with van der Waals surface area (Å²) < 4.78 is 0. The van der Waals surface area contributed by atoms with Gasteiger partial charge in [0.2, 0.25) is 0 Å². The maximum Gasteiger partial charge on any atom is -0.00400 e. The Labute approximate surface area is 64.3 Å². The summed E-state index contributed by atoms with van der Waals surface area (Å²) in [5, 5.41) is 0. The van der Waals surface area contributed by atoms with Crippen LogP contribution in [-0.2, 0) is 0 Å². The molecule has 60 valence electrons. The first-order valence-corrected chi connectivity index (χ1v) is 3.82. The standard InChI is InChI=1S/C9H19N/c1-8(5-6-10)7-9(2,3)4/h1,5-7,10H2,2-4H3. The summed E-state index contributed by atoms with van der Waals surface area (Å²) in [4.78, 5) is 0. The zero-order chi connectivity index (χ0) is 8.20. The van der Waals surface area contributed by atoms with E-state index in [1.165, 1.54) is 5.57 Å². The molecular weight excluding hydrogens is 122 g/mol. The van der Waals surface area contributed by atoms with Gasteiger partial charge in [-0.2, -0.15) is 0 Å². The van der Waals surface area contributed by atoms with Crippen molar-refractivity contribution in [1.29, 1.82) is 0 Å². The van der Waals surface area contributed by atoms with E-state index in [1.54, 1.807) is 0 Å². The van der Waals surface area contributed by atoms with Crippen LogP contribution in [0.15, 0.2) is 12.2 Å². The van der Waals surface area contributed by atoms with E-state index in [2.05, 4.69) is 27.4 Å². The molecule has 1 heteroatoms. The Hall–Kier alpha value is -0.300. The van der Waals surface area contributed by atoms with Crippen molar-refractivity contribution in [2.75, 3.05) is 6.54 Å². The monoisotopic (exact) mass is 141 g/mol. The summed E-state index contributed by atoms with van der Waals surface area (Å²) >= 11 is 0. The second-order valence-electron chi connectivity index (χ2n) is 4.03. The summed E-state index contributed by atoms with van der Waals surface area (Å²) in [5.41, 5.74) is 7.03. The van der Waals surface area contributed by atoms with Gasteiger partial charge in [-0.3, -0.25) is 0 Å². The minimum absolute atomic E-state index is 0.367. The molecule has 0 aromatic carbocycles. The second-order valence-corrected chi connectivity index (χ2v) is 4.03. The smallest absolute Gasteiger partial charge is 0.00400 e. The van der Waals surface area contributed by atoms with E-state index in [-0.39, 0.29) is 0 Å². The minimum atomic E-state index is 0.367. The van der Waals surface area contributed by atoms with Crippen LogP contribution < -0.4 is 5.73 Å². The summed E-state index contributed by atoms with van der Waals surface area (Å²) in [5.74, 6) is 0. The molecule has 0 aliphatic rings. The van der Waals surface area contributed by atoms with Crippen molar-refractivity contribution < 1.29 is 0 Å². The van der Waals surface area contributed by atoms with Crippen molar-refractivity contribution in [1.82, 2.24) is 0 Å². The van der Waals surface area contributed by atoms with E-state index in [4.69, 9.17) is 5.73 Å². The van der Waals surface area contributed by atoms with Crippen LogP contribution >= 0.6 is 0 Å². The highest BCUT2D eigenvalue weighted by atomic mass is 14.5. The maximum absolute atomic E-state index is 5.39. The van der Waals surface area contributed by atoms with Gasteiger partial charge in [-0.05, 0) is 24.8 Å². The zero-order valence-corrected chi connectivity index (χ0v) is 7.41. The molecule has 0 unspecified atom stereocenters. The first-order valence-electron chi connectivity index (χ1n) is 3.82. The van der Waals surface area contributed by atoms with Gasteiger partial charge in [-0.1, -0.05) is 32.9 Å². The van der Waals surface area contributed by atoms with Crippen LogP contribution in [0.5, 0.6) is 0 Å². The molecular formula is C9H19N. The summed E-state index contributed by atoms with van der Waals surface area (Å²) in [6.07, 6.45) is 2.06. The molecule has 0 amide bonds. The van der Waals surface area contributed by atoms with E-state index >= 15 is 0 Å². The van der Waals surface area contributed by atoms with Crippen molar-refractivity contribution >= 4 is 0 Å². The predicted octanol–water partition coefficient (Wildman–Crippen LogP) is 2.33. The second kappa shape index (κ2) is 3.77. The quantitative estimate of drug-likeness (QED) is 0.600. The molecule has 0 fully saturated rings. The number of hydrogen-bond donors (Lipinski definition) is 1. The SMILES string of the molecule is C=C(CCN)CC(C)(C)C. The van der Waals surface area contributed by atoms with E-state index in [9.17, 15) is 0 Å². The molecule has 0 atom stereocenters. The largest absolute Gasteiger partial charge is 0.330 e. The van der Waals surface area contributed by atoms with E-state index < -0.39 is 0 Å². The van der Waals surface area contributed by atoms with Gasteiger partial charge >= 0.3 is 0 Å². The first-order chi connectivity index (χ1) is 4.45. The van der Waals surface area contributed by atoms with Gasteiger partial charge in [0.1, 0.15) is 0 Å². The van der Waals surface area contributed by atoms with Crippen LogP contribution in [0.1, 0.15) is 33.6 Å². The molecule has 0 aliphatic heterocycles. The van der Waals surface area contributed by atoms with Gasteiger partial charge in [0.15, 0.2) is 0 Å². The van der Waals surface area contributed by atoms with Gasteiger partial charge in [-0.15, -0.1) is 0 Å². The van der Waals surface area contributed by atoms with Crippen molar-refractivity contribution in [3.63, 3.8) is 0 Å². The van der Waals surface area contributed by atoms with Crippen LogP contribution in [0.25, 0.3) is 0 Å². The third kappa shape index (κ3) is 5.83. The van der Waals surface area contributed by atoms with Crippen LogP contribution in [0, 0.1) is 5.41 Å². The predicted molar refractivity (Wildman–Crippen MR) is 46.9 cm³/mol. The van der Waals surface area contributed by atoms with E-state index in [1.807, 2.05) is 0 Å².